The first kappa shape index (κ1) is 15.1. The van der Waals surface area contributed by atoms with Crippen molar-refractivity contribution in [3.63, 3.8) is 0 Å². The van der Waals surface area contributed by atoms with Crippen LogP contribution in [0.3, 0.4) is 0 Å². The van der Waals surface area contributed by atoms with Crippen molar-refractivity contribution in [2.45, 2.75) is 31.6 Å². The van der Waals surface area contributed by atoms with Crippen LogP contribution >= 0.6 is 0 Å². The standard InChI is InChI=1S/C14H18F3NO2/c1-19-13-3-2-10(8-12(13)14(15,16)17)9-18-11-4-6-20-7-5-11/h2-3,8,11,18H,4-7,9H2,1H3. The highest BCUT2D eigenvalue weighted by Gasteiger charge is 2.34. The van der Waals surface area contributed by atoms with Gasteiger partial charge in [-0.2, -0.15) is 13.2 Å². The Bertz CT molecular complexity index is 443. The lowest BCUT2D eigenvalue weighted by molar-refractivity contribution is -0.138. The number of benzene rings is 1. The molecule has 112 valence electrons. The zero-order valence-corrected chi connectivity index (χ0v) is 11.3. The molecule has 1 aliphatic heterocycles. The molecule has 1 N–H and O–H groups in total. The number of methoxy groups -OCH3 is 1. The van der Waals surface area contributed by atoms with E-state index in [4.69, 9.17) is 9.47 Å². The molecule has 0 aliphatic carbocycles. The molecule has 0 aromatic heterocycles. The van der Waals surface area contributed by atoms with Crippen molar-refractivity contribution in [3.05, 3.63) is 29.3 Å². The third-order valence-electron chi connectivity index (χ3n) is 3.39. The summed E-state index contributed by atoms with van der Waals surface area (Å²) in [5, 5.41) is 3.27. The number of alkyl halides is 3. The van der Waals surface area contributed by atoms with Crippen LogP contribution in [0.2, 0.25) is 0 Å². The van der Waals surface area contributed by atoms with Gasteiger partial charge in [-0.25, -0.2) is 0 Å². The average molecular weight is 289 g/mol. The van der Waals surface area contributed by atoms with Gasteiger partial charge in [0.2, 0.25) is 0 Å². The first-order valence-corrected chi connectivity index (χ1v) is 6.56. The summed E-state index contributed by atoms with van der Waals surface area (Å²) in [6, 6.07) is 4.47. The maximum Gasteiger partial charge on any atom is 0.419 e. The molecule has 0 unspecified atom stereocenters. The molecule has 0 spiro atoms. The third kappa shape index (κ3) is 3.86. The van der Waals surface area contributed by atoms with Crippen molar-refractivity contribution in [2.24, 2.45) is 0 Å². The van der Waals surface area contributed by atoms with Crippen LogP contribution in [0.1, 0.15) is 24.0 Å². The SMILES string of the molecule is COc1ccc(CNC2CCOCC2)cc1C(F)(F)F. The van der Waals surface area contributed by atoms with E-state index in [0.29, 0.717) is 31.4 Å². The Labute approximate surface area is 116 Å². The predicted octanol–water partition coefficient (Wildman–Crippen LogP) is 2.98. The summed E-state index contributed by atoms with van der Waals surface area (Å²) in [6.07, 6.45) is -2.62. The van der Waals surface area contributed by atoms with Gasteiger partial charge in [0.25, 0.3) is 0 Å². The molecule has 0 bridgehead atoms. The van der Waals surface area contributed by atoms with E-state index in [-0.39, 0.29) is 5.75 Å². The van der Waals surface area contributed by atoms with Crippen molar-refractivity contribution in [1.29, 1.82) is 0 Å². The molecule has 1 aromatic rings. The first-order valence-electron chi connectivity index (χ1n) is 6.56. The van der Waals surface area contributed by atoms with E-state index in [9.17, 15) is 13.2 Å². The Morgan fingerprint density at radius 1 is 1.30 bits per heavy atom. The van der Waals surface area contributed by atoms with Gasteiger partial charge in [-0.05, 0) is 30.5 Å². The van der Waals surface area contributed by atoms with Gasteiger partial charge in [-0.1, -0.05) is 6.07 Å². The highest BCUT2D eigenvalue weighted by Crippen LogP contribution is 2.36. The third-order valence-corrected chi connectivity index (χ3v) is 3.39. The summed E-state index contributed by atoms with van der Waals surface area (Å²) in [7, 11) is 1.24. The van der Waals surface area contributed by atoms with Crippen molar-refractivity contribution in [1.82, 2.24) is 5.32 Å². The number of hydrogen-bond acceptors (Lipinski definition) is 3. The zero-order chi connectivity index (χ0) is 14.6. The quantitative estimate of drug-likeness (QED) is 0.924. The molecule has 20 heavy (non-hydrogen) atoms. The van der Waals surface area contributed by atoms with E-state index in [1.807, 2.05) is 0 Å². The summed E-state index contributed by atoms with van der Waals surface area (Å²) >= 11 is 0. The zero-order valence-electron chi connectivity index (χ0n) is 11.3. The van der Waals surface area contributed by atoms with E-state index < -0.39 is 11.7 Å². The van der Waals surface area contributed by atoms with Crippen LogP contribution in [0.15, 0.2) is 18.2 Å². The fraction of sp³-hybridized carbons (Fsp3) is 0.571. The van der Waals surface area contributed by atoms with Crippen molar-refractivity contribution in [3.8, 4) is 5.75 Å². The molecule has 6 heteroatoms. The fourth-order valence-corrected chi connectivity index (χ4v) is 2.25. The number of hydrogen-bond donors (Lipinski definition) is 1. The average Bonchev–Trinajstić information content (AvgIpc) is 2.45. The second-order valence-electron chi connectivity index (χ2n) is 4.80. The maximum atomic E-state index is 12.9. The highest BCUT2D eigenvalue weighted by atomic mass is 19.4. The van der Waals surface area contributed by atoms with Gasteiger partial charge in [-0.3, -0.25) is 0 Å². The van der Waals surface area contributed by atoms with E-state index in [0.717, 1.165) is 18.9 Å². The van der Waals surface area contributed by atoms with Crippen molar-refractivity contribution >= 4 is 0 Å². The van der Waals surface area contributed by atoms with Crippen LogP contribution in [0.25, 0.3) is 0 Å². The smallest absolute Gasteiger partial charge is 0.419 e. The Morgan fingerprint density at radius 2 is 2.00 bits per heavy atom. The molecule has 0 amide bonds. The molecular formula is C14H18F3NO2. The molecule has 1 fully saturated rings. The van der Waals surface area contributed by atoms with Gasteiger partial charge in [0.15, 0.2) is 0 Å². The summed E-state index contributed by atoms with van der Waals surface area (Å²) < 4.78 is 48.7. The Hall–Kier alpha value is -1.27. The summed E-state index contributed by atoms with van der Waals surface area (Å²) in [5.74, 6) is -0.146. The van der Waals surface area contributed by atoms with E-state index in [1.54, 1.807) is 6.07 Å². The highest BCUT2D eigenvalue weighted by molar-refractivity contribution is 5.39. The molecule has 1 aromatic carbocycles. The van der Waals surface area contributed by atoms with Crippen LogP contribution in [0.4, 0.5) is 13.2 Å². The maximum absolute atomic E-state index is 12.9. The molecule has 3 nitrogen and oxygen atoms in total. The van der Waals surface area contributed by atoms with Crippen LogP contribution in [0.5, 0.6) is 5.75 Å². The Kier molecular flexibility index (Phi) is 4.88. The summed E-state index contributed by atoms with van der Waals surface area (Å²) in [5.41, 5.74) is -0.129. The van der Waals surface area contributed by atoms with E-state index in [2.05, 4.69) is 5.32 Å². The van der Waals surface area contributed by atoms with Gasteiger partial charge in [0.1, 0.15) is 5.75 Å². The Morgan fingerprint density at radius 3 is 2.60 bits per heavy atom. The first-order chi connectivity index (χ1) is 9.50. The summed E-state index contributed by atoms with van der Waals surface area (Å²) in [6.45, 7) is 1.82. The van der Waals surface area contributed by atoms with Crippen molar-refractivity contribution in [2.75, 3.05) is 20.3 Å². The molecule has 0 saturated carbocycles. The number of nitrogens with one attached hydrogen (secondary N) is 1. The minimum atomic E-state index is -4.40. The van der Waals surface area contributed by atoms with Crippen LogP contribution in [-0.2, 0) is 17.5 Å². The molecular weight excluding hydrogens is 271 g/mol. The Balaban J connectivity index is 2.04. The van der Waals surface area contributed by atoms with Crippen LogP contribution < -0.4 is 10.1 Å². The topological polar surface area (TPSA) is 30.5 Å². The van der Waals surface area contributed by atoms with Gasteiger partial charge in [-0.15, -0.1) is 0 Å². The van der Waals surface area contributed by atoms with Crippen LogP contribution in [0, 0.1) is 0 Å². The van der Waals surface area contributed by atoms with Gasteiger partial charge < -0.3 is 14.8 Å². The van der Waals surface area contributed by atoms with Gasteiger partial charge >= 0.3 is 6.18 Å². The lowest BCUT2D eigenvalue weighted by atomic mass is 10.1. The van der Waals surface area contributed by atoms with E-state index in [1.165, 1.54) is 13.2 Å². The number of rotatable bonds is 4. The molecule has 1 aliphatic rings. The monoisotopic (exact) mass is 289 g/mol. The van der Waals surface area contributed by atoms with Gasteiger partial charge in [0.05, 0.1) is 12.7 Å². The van der Waals surface area contributed by atoms with E-state index >= 15 is 0 Å². The normalized spacial score (nSPS) is 17.2. The second kappa shape index (κ2) is 6.45. The minimum absolute atomic E-state index is 0.146. The lowest BCUT2D eigenvalue weighted by Gasteiger charge is -2.23. The molecule has 1 saturated heterocycles. The largest absolute Gasteiger partial charge is 0.496 e. The minimum Gasteiger partial charge on any atom is -0.496 e. The van der Waals surface area contributed by atoms with Gasteiger partial charge in [0, 0.05) is 25.8 Å². The fourth-order valence-electron chi connectivity index (χ4n) is 2.25. The number of halogens is 3. The van der Waals surface area contributed by atoms with Crippen molar-refractivity contribution < 1.29 is 22.6 Å². The van der Waals surface area contributed by atoms with Crippen LogP contribution in [-0.4, -0.2) is 26.4 Å². The predicted molar refractivity (Wildman–Crippen MR) is 68.7 cm³/mol. The molecule has 1 heterocycles. The molecule has 0 atom stereocenters. The second-order valence-corrected chi connectivity index (χ2v) is 4.80. The number of ether oxygens (including phenoxy) is 2. The lowest BCUT2D eigenvalue weighted by Crippen LogP contribution is -2.34. The summed E-state index contributed by atoms with van der Waals surface area (Å²) in [4.78, 5) is 0. The molecule has 0 radical (unpaired) electrons. The molecule has 2 rings (SSSR count).